The third-order valence-corrected chi connectivity index (χ3v) is 4.08. The Kier molecular flexibility index (Phi) is 4.40. The Morgan fingerprint density at radius 1 is 1.15 bits per heavy atom. The lowest BCUT2D eigenvalue weighted by atomic mass is 10.1. The van der Waals surface area contributed by atoms with Crippen LogP contribution < -0.4 is 10.9 Å². The smallest absolute Gasteiger partial charge is 0.272 e. The number of fused-ring (bicyclic) bond motifs is 1. The number of hydrogen-bond donors (Lipinski definition) is 2. The van der Waals surface area contributed by atoms with Crippen molar-refractivity contribution in [2.24, 2.45) is 0 Å². The molecule has 2 N–H and O–H groups in total. The molecule has 27 heavy (non-hydrogen) atoms. The highest BCUT2D eigenvalue weighted by Gasteiger charge is 2.12. The summed E-state index contributed by atoms with van der Waals surface area (Å²) in [5, 5.41) is 14.6. The summed E-state index contributed by atoms with van der Waals surface area (Å²) >= 11 is 0. The van der Waals surface area contributed by atoms with E-state index < -0.39 is 0 Å². The molecule has 1 aromatic carbocycles. The SMILES string of the molecule is O=C(Cc1n[nH]c(=O)c2ccccc12)NCc1cccnc1-n1cncn1. The van der Waals surface area contributed by atoms with E-state index in [1.165, 1.54) is 6.33 Å². The molecule has 0 radical (unpaired) electrons. The number of aromatic nitrogens is 6. The second-order valence-corrected chi connectivity index (χ2v) is 5.82. The van der Waals surface area contributed by atoms with Crippen LogP contribution in [0.25, 0.3) is 16.6 Å². The van der Waals surface area contributed by atoms with Gasteiger partial charge in [0.15, 0.2) is 5.82 Å². The maximum atomic E-state index is 12.4. The third-order valence-electron chi connectivity index (χ3n) is 4.08. The average Bonchev–Trinajstić information content (AvgIpc) is 3.24. The fraction of sp³-hybridized carbons (Fsp3) is 0.111. The van der Waals surface area contributed by atoms with E-state index in [0.29, 0.717) is 22.3 Å². The Morgan fingerprint density at radius 3 is 2.81 bits per heavy atom. The number of pyridine rings is 1. The summed E-state index contributed by atoms with van der Waals surface area (Å²) in [6, 6.07) is 10.7. The van der Waals surface area contributed by atoms with Crippen LogP contribution in [-0.4, -0.2) is 35.9 Å². The highest BCUT2D eigenvalue weighted by atomic mass is 16.1. The molecule has 9 heteroatoms. The van der Waals surface area contributed by atoms with Crippen LogP contribution in [0.3, 0.4) is 0 Å². The molecule has 4 aromatic rings. The molecule has 4 rings (SSSR count). The number of nitrogens with one attached hydrogen (secondary N) is 2. The fourth-order valence-electron chi connectivity index (χ4n) is 2.81. The largest absolute Gasteiger partial charge is 0.352 e. The summed E-state index contributed by atoms with van der Waals surface area (Å²) in [4.78, 5) is 32.5. The first-order valence-corrected chi connectivity index (χ1v) is 8.24. The van der Waals surface area contributed by atoms with E-state index in [-0.39, 0.29) is 24.4 Å². The van der Waals surface area contributed by atoms with Gasteiger partial charge in [0.05, 0.1) is 17.5 Å². The number of amides is 1. The van der Waals surface area contributed by atoms with E-state index in [1.807, 2.05) is 12.1 Å². The minimum atomic E-state index is -0.275. The monoisotopic (exact) mass is 361 g/mol. The zero-order chi connectivity index (χ0) is 18.6. The van der Waals surface area contributed by atoms with Crippen LogP contribution in [0.2, 0.25) is 0 Å². The van der Waals surface area contributed by atoms with Gasteiger partial charge in [-0.15, -0.1) is 0 Å². The van der Waals surface area contributed by atoms with Crippen LogP contribution in [0.15, 0.2) is 60.0 Å². The first-order valence-electron chi connectivity index (χ1n) is 8.24. The van der Waals surface area contributed by atoms with E-state index in [2.05, 4.69) is 30.6 Å². The minimum absolute atomic E-state index is 0.0518. The molecule has 0 saturated carbocycles. The summed E-state index contributed by atoms with van der Waals surface area (Å²) in [7, 11) is 0. The summed E-state index contributed by atoms with van der Waals surface area (Å²) in [6.45, 7) is 0.281. The molecule has 1 amide bonds. The maximum absolute atomic E-state index is 12.4. The second-order valence-electron chi connectivity index (χ2n) is 5.82. The van der Waals surface area contributed by atoms with E-state index in [4.69, 9.17) is 0 Å². The van der Waals surface area contributed by atoms with E-state index in [9.17, 15) is 9.59 Å². The minimum Gasteiger partial charge on any atom is -0.352 e. The van der Waals surface area contributed by atoms with Gasteiger partial charge >= 0.3 is 0 Å². The molecule has 0 aliphatic carbocycles. The van der Waals surface area contributed by atoms with Crippen molar-refractivity contribution >= 4 is 16.7 Å². The summed E-state index contributed by atoms with van der Waals surface area (Å²) in [5.41, 5.74) is 1.05. The van der Waals surface area contributed by atoms with Crippen LogP contribution in [-0.2, 0) is 17.8 Å². The molecular weight excluding hydrogens is 346 g/mol. The first kappa shape index (κ1) is 16.6. The van der Waals surface area contributed by atoms with Crippen molar-refractivity contribution in [3.8, 4) is 5.82 Å². The molecule has 0 saturated heterocycles. The number of hydrogen-bond acceptors (Lipinski definition) is 6. The van der Waals surface area contributed by atoms with Gasteiger partial charge in [-0.05, 0) is 12.1 Å². The summed E-state index contributed by atoms with van der Waals surface area (Å²) in [5.74, 6) is 0.385. The Balaban J connectivity index is 1.51. The van der Waals surface area contributed by atoms with E-state index in [0.717, 1.165) is 5.56 Å². The standard InChI is InChI=1S/C18H15N7O2/c26-16(8-15-13-5-1-2-6-14(13)18(27)24-23-15)21-9-12-4-3-7-20-17(12)25-11-19-10-22-25/h1-7,10-11H,8-9H2,(H,21,26)(H,24,27). The molecule has 0 bridgehead atoms. The van der Waals surface area contributed by atoms with Crippen LogP contribution in [0.4, 0.5) is 0 Å². The zero-order valence-corrected chi connectivity index (χ0v) is 14.2. The second kappa shape index (κ2) is 7.16. The van der Waals surface area contributed by atoms with Crippen molar-refractivity contribution < 1.29 is 4.79 Å². The molecular formula is C18H15N7O2. The normalized spacial score (nSPS) is 10.8. The molecule has 0 spiro atoms. The van der Waals surface area contributed by atoms with Gasteiger partial charge in [-0.1, -0.05) is 24.3 Å². The predicted octanol–water partition coefficient (Wildman–Crippen LogP) is 0.758. The van der Waals surface area contributed by atoms with Gasteiger partial charge in [0.1, 0.15) is 12.7 Å². The first-order chi connectivity index (χ1) is 13.2. The molecule has 134 valence electrons. The molecule has 0 fully saturated rings. The van der Waals surface area contributed by atoms with Crippen molar-refractivity contribution in [3.05, 3.63) is 76.9 Å². The molecule has 3 heterocycles. The van der Waals surface area contributed by atoms with Gasteiger partial charge in [-0.2, -0.15) is 10.2 Å². The van der Waals surface area contributed by atoms with Gasteiger partial charge in [0, 0.05) is 23.7 Å². The predicted molar refractivity (Wildman–Crippen MR) is 97.1 cm³/mol. The Hall–Kier alpha value is -3.88. The van der Waals surface area contributed by atoms with Crippen molar-refractivity contribution in [3.63, 3.8) is 0 Å². The topological polar surface area (TPSA) is 118 Å². The number of benzene rings is 1. The van der Waals surface area contributed by atoms with Gasteiger partial charge in [-0.25, -0.2) is 19.7 Å². The van der Waals surface area contributed by atoms with Crippen LogP contribution in [0.5, 0.6) is 0 Å². The number of nitrogens with zero attached hydrogens (tertiary/aromatic N) is 5. The van der Waals surface area contributed by atoms with Crippen molar-refractivity contribution in [2.75, 3.05) is 0 Å². The average molecular weight is 361 g/mol. The molecule has 3 aromatic heterocycles. The fourth-order valence-corrected chi connectivity index (χ4v) is 2.81. The number of carbonyl (C=O) groups excluding carboxylic acids is 1. The van der Waals surface area contributed by atoms with Gasteiger partial charge < -0.3 is 5.32 Å². The van der Waals surface area contributed by atoms with Crippen LogP contribution in [0, 0.1) is 0 Å². The van der Waals surface area contributed by atoms with Crippen molar-refractivity contribution in [2.45, 2.75) is 13.0 Å². The summed E-state index contributed by atoms with van der Waals surface area (Å²) < 4.78 is 1.54. The number of carbonyl (C=O) groups is 1. The molecule has 0 atom stereocenters. The Morgan fingerprint density at radius 2 is 2.00 bits per heavy atom. The highest BCUT2D eigenvalue weighted by molar-refractivity contribution is 5.88. The van der Waals surface area contributed by atoms with Gasteiger partial charge in [-0.3, -0.25) is 9.59 Å². The molecule has 0 aliphatic rings. The van der Waals surface area contributed by atoms with Crippen molar-refractivity contribution in [1.29, 1.82) is 0 Å². The lowest BCUT2D eigenvalue weighted by molar-refractivity contribution is -0.120. The van der Waals surface area contributed by atoms with Gasteiger partial charge in [0.25, 0.3) is 5.56 Å². The number of rotatable bonds is 5. The number of H-pyrrole nitrogens is 1. The quantitative estimate of drug-likeness (QED) is 0.542. The molecule has 0 aliphatic heterocycles. The summed E-state index contributed by atoms with van der Waals surface area (Å²) in [6.07, 6.45) is 4.67. The molecule has 0 unspecified atom stereocenters. The highest BCUT2D eigenvalue weighted by Crippen LogP contribution is 2.13. The third kappa shape index (κ3) is 3.43. The Labute approximate surface area is 153 Å². The maximum Gasteiger partial charge on any atom is 0.272 e. The molecule has 9 nitrogen and oxygen atoms in total. The lowest BCUT2D eigenvalue weighted by Crippen LogP contribution is -2.26. The lowest BCUT2D eigenvalue weighted by Gasteiger charge is -2.10. The Bertz CT molecular complexity index is 1150. The van der Waals surface area contributed by atoms with Crippen LogP contribution >= 0.6 is 0 Å². The van der Waals surface area contributed by atoms with E-state index >= 15 is 0 Å². The van der Waals surface area contributed by atoms with Gasteiger partial charge in [0.2, 0.25) is 5.91 Å². The van der Waals surface area contributed by atoms with E-state index in [1.54, 1.807) is 41.5 Å². The number of aromatic amines is 1. The van der Waals surface area contributed by atoms with Crippen LogP contribution in [0.1, 0.15) is 11.3 Å². The van der Waals surface area contributed by atoms with Crippen molar-refractivity contribution in [1.82, 2.24) is 35.3 Å². The zero-order valence-electron chi connectivity index (χ0n) is 14.2.